The summed E-state index contributed by atoms with van der Waals surface area (Å²) in [7, 11) is 0. The van der Waals surface area contributed by atoms with Crippen LogP contribution in [-0.4, -0.2) is 17.4 Å². The molecule has 2 rings (SSSR count). The highest BCUT2D eigenvalue weighted by atomic mass is 16.1. The molecule has 1 aliphatic rings. The molecule has 1 aromatic rings. The van der Waals surface area contributed by atoms with Crippen LogP contribution in [0.4, 0.5) is 11.4 Å². The highest BCUT2D eigenvalue weighted by Crippen LogP contribution is 2.28. The summed E-state index contributed by atoms with van der Waals surface area (Å²) in [6, 6.07) is 2.44. The summed E-state index contributed by atoms with van der Waals surface area (Å²) in [6.07, 6.45) is 6.43. The van der Waals surface area contributed by atoms with Crippen molar-refractivity contribution in [2.75, 3.05) is 10.6 Å². The van der Waals surface area contributed by atoms with Crippen molar-refractivity contribution in [2.45, 2.75) is 18.9 Å². The van der Waals surface area contributed by atoms with Crippen LogP contribution >= 0.6 is 0 Å². The van der Waals surface area contributed by atoms with Gasteiger partial charge in [0.25, 0.3) is 0 Å². The molecule has 0 spiro atoms. The Morgan fingerprint density at radius 3 is 3.00 bits per heavy atom. The molecule has 0 aromatic carbocycles. The minimum atomic E-state index is 0.578. The number of pyridine rings is 1. The fraction of sp³-hybridized carbons (Fsp3) is 0.333. The predicted octanol–water partition coefficient (Wildman–Crippen LogP) is 1.22. The van der Waals surface area contributed by atoms with Gasteiger partial charge in [0.2, 0.25) is 6.41 Å². The molecule has 13 heavy (non-hydrogen) atoms. The molecule has 1 amide bonds. The number of carbonyl (C=O) groups is 1. The first kappa shape index (κ1) is 8.04. The smallest absolute Gasteiger partial charge is 0.211 e. The van der Waals surface area contributed by atoms with Crippen LogP contribution in [0.15, 0.2) is 18.5 Å². The monoisotopic (exact) mass is 177 g/mol. The average Bonchev–Trinajstić information content (AvgIpc) is 2.93. The first-order valence-corrected chi connectivity index (χ1v) is 4.31. The van der Waals surface area contributed by atoms with Crippen molar-refractivity contribution in [2.24, 2.45) is 0 Å². The van der Waals surface area contributed by atoms with Crippen LogP contribution in [-0.2, 0) is 4.79 Å². The molecule has 4 nitrogen and oxygen atoms in total. The quantitative estimate of drug-likeness (QED) is 0.680. The van der Waals surface area contributed by atoms with Crippen LogP contribution in [0.3, 0.4) is 0 Å². The maximum absolute atomic E-state index is 10.3. The third-order valence-corrected chi connectivity index (χ3v) is 1.97. The van der Waals surface area contributed by atoms with E-state index in [-0.39, 0.29) is 0 Å². The van der Waals surface area contributed by atoms with E-state index in [4.69, 9.17) is 0 Å². The number of nitrogens with one attached hydrogen (secondary N) is 2. The lowest BCUT2D eigenvalue weighted by Gasteiger charge is -2.08. The fourth-order valence-corrected chi connectivity index (χ4v) is 1.15. The third kappa shape index (κ3) is 1.96. The second-order valence-corrected chi connectivity index (χ2v) is 3.10. The molecule has 0 bridgehead atoms. The van der Waals surface area contributed by atoms with Gasteiger partial charge in [-0.25, -0.2) is 0 Å². The van der Waals surface area contributed by atoms with E-state index < -0.39 is 0 Å². The molecule has 1 saturated carbocycles. The van der Waals surface area contributed by atoms with Gasteiger partial charge < -0.3 is 10.6 Å². The summed E-state index contributed by atoms with van der Waals surface area (Å²) in [5.74, 6) is 0. The molecule has 0 aliphatic heterocycles. The number of nitrogens with zero attached hydrogens (tertiary/aromatic N) is 1. The Labute approximate surface area is 76.4 Å². The van der Waals surface area contributed by atoms with Crippen LogP contribution in [0.2, 0.25) is 0 Å². The number of aromatic nitrogens is 1. The van der Waals surface area contributed by atoms with Gasteiger partial charge in [0.1, 0.15) is 0 Å². The Bertz CT molecular complexity index is 309. The van der Waals surface area contributed by atoms with E-state index in [0.717, 1.165) is 11.4 Å². The molecule has 1 aromatic heterocycles. The van der Waals surface area contributed by atoms with Crippen LogP contribution in [0, 0.1) is 0 Å². The Kier molecular flexibility index (Phi) is 2.12. The van der Waals surface area contributed by atoms with Gasteiger partial charge in [-0.15, -0.1) is 0 Å². The lowest BCUT2D eigenvalue weighted by molar-refractivity contribution is -0.105. The van der Waals surface area contributed by atoms with Gasteiger partial charge in [-0.05, 0) is 18.9 Å². The molecule has 0 atom stereocenters. The SMILES string of the molecule is O=CNc1cnccc1NC1CC1. The number of hydrogen-bond donors (Lipinski definition) is 2. The molecule has 0 saturated heterocycles. The standard InChI is InChI=1S/C9H11N3O/c13-6-11-9-5-10-4-3-8(9)12-7-1-2-7/h3-7H,1-2H2,(H,10,12)(H,11,13). The van der Waals surface area contributed by atoms with Crippen molar-refractivity contribution in [3.63, 3.8) is 0 Å². The van der Waals surface area contributed by atoms with E-state index in [1.807, 2.05) is 6.07 Å². The number of carbonyl (C=O) groups excluding carboxylic acids is 1. The lowest BCUT2D eigenvalue weighted by Crippen LogP contribution is -2.05. The second kappa shape index (κ2) is 3.43. The molecule has 2 N–H and O–H groups in total. The minimum Gasteiger partial charge on any atom is -0.381 e. The lowest BCUT2D eigenvalue weighted by atomic mass is 10.3. The van der Waals surface area contributed by atoms with Crippen molar-refractivity contribution in [1.29, 1.82) is 0 Å². The summed E-state index contributed by atoms with van der Waals surface area (Å²) < 4.78 is 0. The highest BCUT2D eigenvalue weighted by Gasteiger charge is 2.21. The van der Waals surface area contributed by atoms with E-state index in [2.05, 4.69) is 15.6 Å². The Balaban J connectivity index is 2.14. The van der Waals surface area contributed by atoms with Crippen molar-refractivity contribution in [1.82, 2.24) is 4.98 Å². The normalized spacial score (nSPS) is 15.1. The Hall–Kier alpha value is -1.58. The van der Waals surface area contributed by atoms with Crippen molar-refractivity contribution in [3.8, 4) is 0 Å². The van der Waals surface area contributed by atoms with E-state index in [0.29, 0.717) is 12.5 Å². The van der Waals surface area contributed by atoms with Crippen molar-refractivity contribution >= 4 is 17.8 Å². The second-order valence-electron chi connectivity index (χ2n) is 3.10. The van der Waals surface area contributed by atoms with Gasteiger partial charge in [-0.2, -0.15) is 0 Å². The van der Waals surface area contributed by atoms with Gasteiger partial charge in [-0.1, -0.05) is 0 Å². The zero-order valence-electron chi connectivity index (χ0n) is 7.16. The van der Waals surface area contributed by atoms with Crippen LogP contribution in [0.1, 0.15) is 12.8 Å². The highest BCUT2D eigenvalue weighted by molar-refractivity contribution is 5.80. The van der Waals surface area contributed by atoms with E-state index in [1.165, 1.54) is 12.8 Å². The molecule has 1 aliphatic carbocycles. The summed E-state index contributed by atoms with van der Waals surface area (Å²) in [5.41, 5.74) is 1.69. The maximum atomic E-state index is 10.3. The number of anilines is 2. The summed E-state index contributed by atoms with van der Waals surface area (Å²) in [4.78, 5) is 14.2. The molecule has 1 heterocycles. The van der Waals surface area contributed by atoms with E-state index in [9.17, 15) is 4.79 Å². The average molecular weight is 177 g/mol. The topological polar surface area (TPSA) is 54.0 Å². The molecular formula is C9H11N3O. The molecule has 0 unspecified atom stereocenters. The van der Waals surface area contributed by atoms with Crippen molar-refractivity contribution < 1.29 is 4.79 Å². The largest absolute Gasteiger partial charge is 0.381 e. The van der Waals surface area contributed by atoms with Crippen LogP contribution in [0.25, 0.3) is 0 Å². The van der Waals surface area contributed by atoms with E-state index in [1.54, 1.807) is 12.4 Å². The fourth-order valence-electron chi connectivity index (χ4n) is 1.15. The Morgan fingerprint density at radius 1 is 1.46 bits per heavy atom. The summed E-state index contributed by atoms with van der Waals surface area (Å²) in [5, 5.41) is 5.91. The van der Waals surface area contributed by atoms with Crippen molar-refractivity contribution in [3.05, 3.63) is 18.5 Å². The van der Waals surface area contributed by atoms with Gasteiger partial charge in [0, 0.05) is 12.2 Å². The zero-order valence-corrected chi connectivity index (χ0v) is 7.16. The van der Waals surface area contributed by atoms with Gasteiger partial charge in [0.05, 0.1) is 17.6 Å². The summed E-state index contributed by atoms with van der Waals surface area (Å²) >= 11 is 0. The number of rotatable bonds is 4. The first-order chi connectivity index (χ1) is 6.40. The molecule has 68 valence electrons. The number of amides is 1. The molecule has 1 fully saturated rings. The maximum Gasteiger partial charge on any atom is 0.211 e. The molecule has 0 radical (unpaired) electrons. The van der Waals surface area contributed by atoms with Crippen LogP contribution in [0.5, 0.6) is 0 Å². The number of hydrogen-bond acceptors (Lipinski definition) is 3. The third-order valence-electron chi connectivity index (χ3n) is 1.97. The Morgan fingerprint density at radius 2 is 2.31 bits per heavy atom. The molecular weight excluding hydrogens is 166 g/mol. The molecule has 4 heteroatoms. The van der Waals surface area contributed by atoms with E-state index >= 15 is 0 Å². The zero-order chi connectivity index (χ0) is 9.10. The first-order valence-electron chi connectivity index (χ1n) is 4.31. The van der Waals surface area contributed by atoms with Crippen LogP contribution < -0.4 is 10.6 Å². The van der Waals surface area contributed by atoms with Gasteiger partial charge in [-0.3, -0.25) is 9.78 Å². The predicted molar refractivity (Wildman–Crippen MR) is 50.6 cm³/mol. The van der Waals surface area contributed by atoms with Gasteiger partial charge >= 0.3 is 0 Å². The summed E-state index contributed by atoms with van der Waals surface area (Å²) in [6.45, 7) is 0. The van der Waals surface area contributed by atoms with Gasteiger partial charge in [0.15, 0.2) is 0 Å². The minimum absolute atomic E-state index is 0.578.